The highest BCUT2D eigenvalue weighted by Gasteiger charge is 2.18. The van der Waals surface area contributed by atoms with Crippen LogP contribution in [0.15, 0.2) is 48.6 Å². The topological polar surface area (TPSA) is 95.9 Å². The van der Waals surface area contributed by atoms with Crippen LogP contribution in [0.3, 0.4) is 0 Å². The smallest absolute Gasteiger partial charge is 0.305 e. The van der Waals surface area contributed by atoms with Crippen molar-refractivity contribution >= 4 is 11.9 Å². The third-order valence-corrected chi connectivity index (χ3v) is 14.3. The van der Waals surface area contributed by atoms with E-state index in [1.165, 1.54) is 250 Å². The first kappa shape index (κ1) is 68.8. The molecule has 0 spiro atoms. The average molecular weight is 997 g/mol. The molecular formula is C65H121NO5. The molecule has 2 atom stereocenters. The molecule has 0 heterocycles. The fraction of sp³-hybridized carbons (Fsp3) is 0.846. The van der Waals surface area contributed by atoms with E-state index in [9.17, 15) is 19.8 Å². The number of rotatable bonds is 58. The molecule has 0 aliphatic rings. The van der Waals surface area contributed by atoms with Gasteiger partial charge in [0, 0.05) is 12.8 Å². The molecule has 6 nitrogen and oxygen atoms in total. The van der Waals surface area contributed by atoms with Crippen LogP contribution in [0.4, 0.5) is 0 Å². The molecule has 0 radical (unpaired) electrons. The number of amides is 1. The van der Waals surface area contributed by atoms with Crippen molar-refractivity contribution in [3.8, 4) is 0 Å². The fourth-order valence-corrected chi connectivity index (χ4v) is 9.47. The van der Waals surface area contributed by atoms with Crippen LogP contribution < -0.4 is 5.32 Å². The third-order valence-electron chi connectivity index (χ3n) is 14.3. The van der Waals surface area contributed by atoms with Gasteiger partial charge in [-0.2, -0.15) is 0 Å². The Hall–Kier alpha value is -2.18. The minimum absolute atomic E-state index is 0.000318. The van der Waals surface area contributed by atoms with Crippen LogP contribution in [0.25, 0.3) is 0 Å². The Morgan fingerprint density at radius 3 is 1.13 bits per heavy atom. The van der Waals surface area contributed by atoms with Gasteiger partial charge in [0.25, 0.3) is 0 Å². The van der Waals surface area contributed by atoms with E-state index in [0.717, 1.165) is 51.4 Å². The summed E-state index contributed by atoms with van der Waals surface area (Å²) in [6.07, 6.45) is 77.3. The number of unbranched alkanes of at least 4 members (excludes halogenated alkanes) is 41. The highest BCUT2D eigenvalue weighted by molar-refractivity contribution is 5.76. The molecule has 0 saturated carbocycles. The maximum Gasteiger partial charge on any atom is 0.305 e. The fourth-order valence-electron chi connectivity index (χ4n) is 9.47. The van der Waals surface area contributed by atoms with Crippen LogP contribution in [-0.4, -0.2) is 47.4 Å². The average Bonchev–Trinajstić information content (AvgIpc) is 3.37. The van der Waals surface area contributed by atoms with E-state index in [-0.39, 0.29) is 18.5 Å². The Bertz CT molecular complexity index is 1190. The summed E-state index contributed by atoms with van der Waals surface area (Å²) in [6.45, 7) is 4.86. The molecule has 416 valence electrons. The van der Waals surface area contributed by atoms with E-state index in [4.69, 9.17) is 4.74 Å². The summed E-state index contributed by atoms with van der Waals surface area (Å²) in [7, 11) is 0. The summed E-state index contributed by atoms with van der Waals surface area (Å²) in [5.74, 6) is -0.0692. The molecule has 0 saturated heterocycles. The number of carbonyl (C=O) groups is 2. The minimum Gasteiger partial charge on any atom is -0.466 e. The van der Waals surface area contributed by atoms with Gasteiger partial charge in [0.05, 0.1) is 25.4 Å². The first-order valence-electron chi connectivity index (χ1n) is 31.4. The number of allylic oxidation sites excluding steroid dienone is 7. The van der Waals surface area contributed by atoms with Crippen molar-refractivity contribution < 1.29 is 24.5 Å². The van der Waals surface area contributed by atoms with Crippen molar-refractivity contribution in [1.82, 2.24) is 5.32 Å². The molecule has 71 heavy (non-hydrogen) atoms. The van der Waals surface area contributed by atoms with Gasteiger partial charge >= 0.3 is 5.97 Å². The number of ether oxygens (including phenoxy) is 1. The zero-order valence-electron chi connectivity index (χ0n) is 47.5. The van der Waals surface area contributed by atoms with Crippen LogP contribution in [0.1, 0.15) is 328 Å². The number of nitrogens with one attached hydrogen (secondary N) is 1. The summed E-state index contributed by atoms with van der Waals surface area (Å²) in [6, 6.07) is -0.628. The lowest BCUT2D eigenvalue weighted by atomic mass is 10.0. The molecule has 0 fully saturated rings. The third kappa shape index (κ3) is 57.0. The molecule has 0 aromatic carbocycles. The van der Waals surface area contributed by atoms with E-state index >= 15 is 0 Å². The van der Waals surface area contributed by atoms with Crippen molar-refractivity contribution in [2.75, 3.05) is 13.2 Å². The molecule has 0 aliphatic carbocycles. The molecule has 2 unspecified atom stereocenters. The maximum atomic E-state index is 12.4. The van der Waals surface area contributed by atoms with Crippen LogP contribution in [0.2, 0.25) is 0 Å². The second-order valence-corrected chi connectivity index (χ2v) is 21.4. The lowest BCUT2D eigenvalue weighted by Gasteiger charge is -2.20. The number of carbonyl (C=O) groups excluding carboxylic acids is 2. The summed E-state index contributed by atoms with van der Waals surface area (Å²) in [5, 5.41) is 23.1. The van der Waals surface area contributed by atoms with Gasteiger partial charge in [0.2, 0.25) is 5.91 Å². The quantitative estimate of drug-likeness (QED) is 0.0321. The van der Waals surface area contributed by atoms with Crippen molar-refractivity contribution in [2.24, 2.45) is 0 Å². The van der Waals surface area contributed by atoms with Gasteiger partial charge in [-0.15, -0.1) is 0 Å². The molecule has 6 heteroatoms. The molecule has 0 rings (SSSR count). The van der Waals surface area contributed by atoms with Crippen molar-refractivity contribution in [2.45, 2.75) is 341 Å². The summed E-state index contributed by atoms with van der Waals surface area (Å²) < 4.78 is 5.47. The van der Waals surface area contributed by atoms with Gasteiger partial charge in [0.15, 0.2) is 0 Å². The minimum atomic E-state index is -0.845. The summed E-state index contributed by atoms with van der Waals surface area (Å²) in [5.41, 5.74) is 0. The second-order valence-electron chi connectivity index (χ2n) is 21.4. The van der Waals surface area contributed by atoms with Gasteiger partial charge in [-0.05, 0) is 83.5 Å². The van der Waals surface area contributed by atoms with Crippen LogP contribution in [-0.2, 0) is 14.3 Å². The van der Waals surface area contributed by atoms with E-state index in [2.05, 4.69) is 55.6 Å². The van der Waals surface area contributed by atoms with Crippen LogP contribution in [0.5, 0.6) is 0 Å². The van der Waals surface area contributed by atoms with Gasteiger partial charge < -0.3 is 20.3 Å². The summed E-state index contributed by atoms with van der Waals surface area (Å²) >= 11 is 0. The highest BCUT2D eigenvalue weighted by Crippen LogP contribution is 2.17. The largest absolute Gasteiger partial charge is 0.466 e. The molecule has 0 aliphatic heterocycles. The standard InChI is InChI=1S/C65H121NO5/c1-3-5-7-9-11-13-15-17-35-39-43-47-51-55-59-65(70)71-60-56-52-48-44-40-36-32-30-28-26-24-22-20-18-19-21-23-25-27-29-31-34-38-42-46-50-54-58-64(69)66-62(61-67)63(68)57-53-49-45-41-37-33-16-14-12-10-8-6-4-2/h9,11,15,17-19,53,57,62-63,67-68H,3-8,10,12-14,16,20-52,54-56,58-61H2,1-2H3,(H,66,69)/b11-9-,17-15-,19-18-,57-53+. The molecule has 0 aromatic heterocycles. The van der Waals surface area contributed by atoms with E-state index in [0.29, 0.717) is 19.4 Å². The second kappa shape index (κ2) is 60.4. The first-order valence-corrected chi connectivity index (χ1v) is 31.4. The Balaban J connectivity index is 3.40. The van der Waals surface area contributed by atoms with Crippen molar-refractivity contribution in [3.63, 3.8) is 0 Å². The monoisotopic (exact) mass is 996 g/mol. The maximum absolute atomic E-state index is 12.4. The number of aliphatic hydroxyl groups is 2. The Labute approximate surface area is 442 Å². The number of hydrogen-bond acceptors (Lipinski definition) is 5. The lowest BCUT2D eigenvalue weighted by Crippen LogP contribution is -2.45. The Morgan fingerprint density at radius 2 is 0.718 bits per heavy atom. The predicted octanol–water partition coefficient (Wildman–Crippen LogP) is 19.7. The van der Waals surface area contributed by atoms with Gasteiger partial charge in [0.1, 0.15) is 0 Å². The molecular weight excluding hydrogens is 875 g/mol. The molecule has 0 aromatic rings. The van der Waals surface area contributed by atoms with E-state index in [1.807, 2.05) is 6.08 Å². The van der Waals surface area contributed by atoms with E-state index < -0.39 is 12.1 Å². The molecule has 1 amide bonds. The number of esters is 1. The SMILES string of the molecule is CCCC/C=C\C/C=C\CCCCCCCC(=O)OCCCCCCCCCCCCCC/C=C\CCCCCCCCCCCCCC(=O)NC(CO)C(O)/C=C/CCCCCCCCCCCCC. The van der Waals surface area contributed by atoms with E-state index in [1.54, 1.807) is 6.08 Å². The predicted molar refractivity (Wildman–Crippen MR) is 310 cm³/mol. The highest BCUT2D eigenvalue weighted by atomic mass is 16.5. The number of aliphatic hydroxyl groups excluding tert-OH is 2. The van der Waals surface area contributed by atoms with Gasteiger partial charge in [-0.25, -0.2) is 0 Å². The van der Waals surface area contributed by atoms with Crippen LogP contribution >= 0.6 is 0 Å². The van der Waals surface area contributed by atoms with Crippen molar-refractivity contribution in [1.29, 1.82) is 0 Å². The zero-order chi connectivity index (χ0) is 51.4. The number of hydrogen-bond donors (Lipinski definition) is 3. The van der Waals surface area contributed by atoms with Gasteiger partial charge in [-0.1, -0.05) is 281 Å². The summed E-state index contributed by atoms with van der Waals surface area (Å²) in [4.78, 5) is 24.5. The first-order chi connectivity index (χ1) is 35.0. The Kier molecular flexibility index (Phi) is 58.5. The molecule has 0 bridgehead atoms. The van der Waals surface area contributed by atoms with Crippen molar-refractivity contribution in [3.05, 3.63) is 48.6 Å². The zero-order valence-corrected chi connectivity index (χ0v) is 47.5. The normalized spacial score (nSPS) is 12.9. The Morgan fingerprint density at radius 1 is 0.394 bits per heavy atom. The molecule has 3 N–H and O–H groups in total. The van der Waals surface area contributed by atoms with Crippen LogP contribution in [0, 0.1) is 0 Å². The lowest BCUT2D eigenvalue weighted by molar-refractivity contribution is -0.143. The van der Waals surface area contributed by atoms with Gasteiger partial charge in [-0.3, -0.25) is 9.59 Å².